The quantitative estimate of drug-likeness (QED) is 0.695. The van der Waals surface area contributed by atoms with Gasteiger partial charge in [-0.2, -0.15) is 0 Å². The lowest BCUT2D eigenvalue weighted by molar-refractivity contribution is -0.124. The number of piperazine rings is 1. The fourth-order valence-electron chi connectivity index (χ4n) is 3.34. The first kappa shape index (κ1) is 16.7. The first-order valence-corrected chi connectivity index (χ1v) is 8.48. The van der Waals surface area contributed by atoms with E-state index in [9.17, 15) is 4.79 Å². The van der Waals surface area contributed by atoms with Gasteiger partial charge in [0.05, 0.1) is 5.54 Å². The van der Waals surface area contributed by atoms with Crippen LogP contribution in [0, 0.1) is 0 Å². The predicted octanol–water partition coefficient (Wildman–Crippen LogP) is 0.789. The third-order valence-electron chi connectivity index (χ3n) is 5.05. The van der Waals surface area contributed by atoms with Gasteiger partial charge in [-0.25, -0.2) is 0 Å². The Hall–Kier alpha value is -0.650. The normalized spacial score (nSPS) is 27.5. The maximum absolute atomic E-state index is 11.7. The number of hydrogen-bond donors (Lipinski definition) is 2. The average Bonchev–Trinajstić information content (AvgIpc) is 3.22. The van der Waals surface area contributed by atoms with Gasteiger partial charge >= 0.3 is 0 Å². The number of rotatable bonds is 8. The van der Waals surface area contributed by atoms with Crippen LogP contribution < -0.4 is 11.1 Å². The van der Waals surface area contributed by atoms with E-state index in [1.807, 2.05) is 6.92 Å². The fourth-order valence-corrected chi connectivity index (χ4v) is 3.34. The number of nitrogens with zero attached hydrogens (tertiary/aromatic N) is 2. The van der Waals surface area contributed by atoms with Gasteiger partial charge in [-0.15, -0.1) is 0 Å². The molecule has 1 saturated carbocycles. The lowest BCUT2D eigenvalue weighted by Crippen LogP contribution is -2.55. The van der Waals surface area contributed by atoms with Crippen molar-refractivity contribution in [2.75, 3.05) is 32.7 Å². The zero-order chi connectivity index (χ0) is 15.5. The summed E-state index contributed by atoms with van der Waals surface area (Å²) >= 11 is 0. The number of nitrogens with two attached hydrogens (primary N) is 1. The summed E-state index contributed by atoms with van der Waals surface area (Å²) in [4.78, 5) is 16.8. The van der Waals surface area contributed by atoms with Crippen molar-refractivity contribution in [2.24, 2.45) is 5.73 Å². The van der Waals surface area contributed by atoms with Gasteiger partial charge in [0.2, 0.25) is 5.91 Å². The van der Waals surface area contributed by atoms with Crippen molar-refractivity contribution < 1.29 is 4.79 Å². The van der Waals surface area contributed by atoms with E-state index in [4.69, 9.17) is 5.73 Å². The molecule has 2 rings (SSSR count). The summed E-state index contributed by atoms with van der Waals surface area (Å²) in [6, 6.07) is 1.14. The minimum atomic E-state index is -0.530. The zero-order valence-electron chi connectivity index (χ0n) is 13.9. The van der Waals surface area contributed by atoms with Gasteiger partial charge in [-0.1, -0.05) is 6.92 Å². The van der Waals surface area contributed by atoms with Crippen LogP contribution in [0.5, 0.6) is 0 Å². The summed E-state index contributed by atoms with van der Waals surface area (Å²) in [6.45, 7) is 12.1. The Balaban J connectivity index is 1.73. The van der Waals surface area contributed by atoms with Crippen molar-refractivity contribution in [2.45, 2.75) is 64.1 Å². The van der Waals surface area contributed by atoms with E-state index in [0.29, 0.717) is 12.1 Å². The predicted molar refractivity (Wildman–Crippen MR) is 86.1 cm³/mol. The first-order valence-electron chi connectivity index (χ1n) is 8.48. The van der Waals surface area contributed by atoms with E-state index in [0.717, 1.165) is 45.6 Å². The van der Waals surface area contributed by atoms with E-state index in [2.05, 4.69) is 29.0 Å². The molecule has 5 nitrogen and oxygen atoms in total. The van der Waals surface area contributed by atoms with Crippen LogP contribution in [0.25, 0.3) is 0 Å². The average molecular weight is 296 g/mol. The maximum Gasteiger partial charge on any atom is 0.237 e. The van der Waals surface area contributed by atoms with E-state index >= 15 is 0 Å². The molecular weight excluding hydrogens is 264 g/mol. The van der Waals surface area contributed by atoms with Crippen molar-refractivity contribution in [3.8, 4) is 0 Å². The largest absolute Gasteiger partial charge is 0.368 e. The Morgan fingerprint density at radius 1 is 1.38 bits per heavy atom. The third-order valence-corrected chi connectivity index (χ3v) is 5.05. The second-order valence-electron chi connectivity index (χ2n) is 7.00. The molecule has 2 atom stereocenters. The molecule has 1 aliphatic heterocycles. The van der Waals surface area contributed by atoms with Crippen LogP contribution in [0.4, 0.5) is 0 Å². The highest BCUT2D eigenvalue weighted by Crippen LogP contribution is 2.25. The van der Waals surface area contributed by atoms with Crippen LogP contribution >= 0.6 is 0 Å². The van der Waals surface area contributed by atoms with Crippen LogP contribution in [0.2, 0.25) is 0 Å². The Bertz CT molecular complexity index is 358. The van der Waals surface area contributed by atoms with Gasteiger partial charge in [-0.05, 0) is 52.6 Å². The molecule has 5 heteroatoms. The van der Waals surface area contributed by atoms with Crippen molar-refractivity contribution in [3.63, 3.8) is 0 Å². The summed E-state index contributed by atoms with van der Waals surface area (Å²) in [7, 11) is 0. The summed E-state index contributed by atoms with van der Waals surface area (Å²) in [5.74, 6) is -0.210. The van der Waals surface area contributed by atoms with Crippen LogP contribution in [0.3, 0.4) is 0 Å². The monoisotopic (exact) mass is 296 g/mol. The first-order chi connectivity index (χ1) is 9.94. The molecule has 0 aromatic rings. The molecule has 1 amide bonds. The molecule has 0 radical (unpaired) electrons. The highest BCUT2D eigenvalue weighted by Gasteiger charge is 2.36. The zero-order valence-corrected chi connectivity index (χ0v) is 13.9. The minimum Gasteiger partial charge on any atom is -0.368 e. The SMILES string of the molecule is CCN1CCN(CCCC(C)(NC2CC2)C(N)=O)CC1C. The van der Waals surface area contributed by atoms with Crippen LogP contribution in [0.1, 0.15) is 46.5 Å². The molecule has 2 aliphatic rings. The lowest BCUT2D eigenvalue weighted by Gasteiger charge is -2.39. The highest BCUT2D eigenvalue weighted by molar-refractivity contribution is 5.84. The van der Waals surface area contributed by atoms with Gasteiger partial charge in [0.25, 0.3) is 0 Å². The molecule has 1 saturated heterocycles. The molecule has 0 aromatic heterocycles. The smallest absolute Gasteiger partial charge is 0.237 e. The number of carbonyl (C=O) groups is 1. The maximum atomic E-state index is 11.7. The lowest BCUT2D eigenvalue weighted by atomic mass is 9.94. The minimum absolute atomic E-state index is 0.210. The van der Waals surface area contributed by atoms with Gasteiger partial charge in [0, 0.05) is 31.7 Å². The molecular formula is C16H32N4O. The Labute approximate surface area is 129 Å². The van der Waals surface area contributed by atoms with Crippen molar-refractivity contribution in [1.29, 1.82) is 0 Å². The number of nitrogens with one attached hydrogen (secondary N) is 1. The summed E-state index contributed by atoms with van der Waals surface area (Å²) in [5.41, 5.74) is 5.07. The van der Waals surface area contributed by atoms with E-state index in [1.165, 1.54) is 12.8 Å². The molecule has 0 bridgehead atoms. The standard InChI is InChI=1S/C16H32N4O/c1-4-20-11-10-19(12-13(20)2)9-5-8-16(3,15(17)21)18-14-6-7-14/h13-14,18H,4-12H2,1-3H3,(H2,17,21). The van der Waals surface area contributed by atoms with E-state index in [1.54, 1.807) is 0 Å². The summed E-state index contributed by atoms with van der Waals surface area (Å²) in [5, 5.41) is 3.43. The fraction of sp³-hybridized carbons (Fsp3) is 0.938. The highest BCUT2D eigenvalue weighted by atomic mass is 16.1. The number of likely N-dealkylation sites (N-methyl/N-ethyl adjacent to an activating group) is 1. The second kappa shape index (κ2) is 7.07. The van der Waals surface area contributed by atoms with Gasteiger partial charge in [0.1, 0.15) is 0 Å². The van der Waals surface area contributed by atoms with Gasteiger partial charge in [-0.3, -0.25) is 9.69 Å². The van der Waals surface area contributed by atoms with Crippen LogP contribution in [-0.2, 0) is 4.79 Å². The summed E-state index contributed by atoms with van der Waals surface area (Å²) < 4.78 is 0. The van der Waals surface area contributed by atoms with Crippen molar-refractivity contribution >= 4 is 5.91 Å². The third kappa shape index (κ3) is 4.66. The van der Waals surface area contributed by atoms with Crippen LogP contribution in [-0.4, -0.2) is 66.1 Å². The van der Waals surface area contributed by atoms with Crippen molar-refractivity contribution in [3.05, 3.63) is 0 Å². The molecule has 21 heavy (non-hydrogen) atoms. The molecule has 2 unspecified atom stereocenters. The molecule has 122 valence electrons. The second-order valence-corrected chi connectivity index (χ2v) is 7.00. The molecule has 3 N–H and O–H groups in total. The van der Waals surface area contributed by atoms with E-state index in [-0.39, 0.29) is 5.91 Å². The van der Waals surface area contributed by atoms with Crippen LogP contribution in [0.15, 0.2) is 0 Å². The number of primary amides is 1. The van der Waals surface area contributed by atoms with Gasteiger partial charge in [0.15, 0.2) is 0 Å². The Morgan fingerprint density at radius 2 is 2.10 bits per heavy atom. The van der Waals surface area contributed by atoms with Crippen molar-refractivity contribution in [1.82, 2.24) is 15.1 Å². The topological polar surface area (TPSA) is 61.6 Å². The number of amides is 1. The molecule has 1 heterocycles. The number of carbonyl (C=O) groups excluding carboxylic acids is 1. The number of hydrogen-bond acceptors (Lipinski definition) is 4. The van der Waals surface area contributed by atoms with E-state index < -0.39 is 5.54 Å². The molecule has 2 fully saturated rings. The Kier molecular flexibility index (Phi) is 5.63. The van der Waals surface area contributed by atoms with Gasteiger partial charge < -0.3 is 16.0 Å². The molecule has 1 aliphatic carbocycles. The summed E-state index contributed by atoms with van der Waals surface area (Å²) in [6.07, 6.45) is 4.22. The molecule has 0 spiro atoms. The Morgan fingerprint density at radius 3 is 2.62 bits per heavy atom. The molecule has 0 aromatic carbocycles.